The highest BCUT2D eigenvalue weighted by Crippen LogP contribution is 2.27. The minimum absolute atomic E-state index is 0.744. The molecule has 2 aliphatic rings. The fourth-order valence-corrected chi connectivity index (χ4v) is 3.38. The van der Waals surface area contributed by atoms with Gasteiger partial charge in [0.25, 0.3) is 0 Å². The van der Waals surface area contributed by atoms with Crippen LogP contribution >= 0.6 is 0 Å². The first kappa shape index (κ1) is 13.9. The lowest BCUT2D eigenvalue weighted by atomic mass is 9.99. The van der Waals surface area contributed by atoms with Gasteiger partial charge >= 0.3 is 0 Å². The van der Waals surface area contributed by atoms with Crippen LogP contribution in [0.5, 0.6) is 0 Å². The van der Waals surface area contributed by atoms with Crippen molar-refractivity contribution in [2.45, 2.75) is 38.8 Å². The van der Waals surface area contributed by atoms with Crippen LogP contribution in [0, 0.1) is 0 Å². The number of nitrogens with zero attached hydrogens (tertiary/aromatic N) is 2. The summed E-state index contributed by atoms with van der Waals surface area (Å²) in [5, 5.41) is 3.39. The summed E-state index contributed by atoms with van der Waals surface area (Å²) in [7, 11) is 2.21. The van der Waals surface area contributed by atoms with Gasteiger partial charge in [0.1, 0.15) is 0 Å². The van der Waals surface area contributed by atoms with E-state index in [9.17, 15) is 0 Å². The summed E-state index contributed by atoms with van der Waals surface area (Å²) in [6.45, 7) is 8.12. The lowest BCUT2D eigenvalue weighted by Crippen LogP contribution is -2.56. The molecular weight excluding hydrogens is 246 g/mol. The number of fused-ring (bicyclic) bond motifs is 1. The van der Waals surface area contributed by atoms with E-state index in [-0.39, 0.29) is 0 Å². The van der Waals surface area contributed by atoms with Gasteiger partial charge in [0, 0.05) is 45.0 Å². The Hall–Kier alpha value is -1.06. The Kier molecular flexibility index (Phi) is 4.27. The summed E-state index contributed by atoms with van der Waals surface area (Å²) in [6, 6.07) is 7.84. The van der Waals surface area contributed by atoms with Gasteiger partial charge in [-0.2, -0.15) is 0 Å². The second-order valence-electron chi connectivity index (χ2n) is 6.27. The third-order valence-corrected chi connectivity index (χ3v) is 4.67. The number of aryl methyl sites for hydroxylation is 1. The molecule has 20 heavy (non-hydrogen) atoms. The predicted octanol–water partition coefficient (Wildman–Crippen LogP) is 2.25. The van der Waals surface area contributed by atoms with Crippen LogP contribution in [0.25, 0.3) is 0 Å². The highest BCUT2D eigenvalue weighted by molar-refractivity contribution is 5.56. The van der Waals surface area contributed by atoms with Gasteiger partial charge < -0.3 is 10.2 Å². The Bertz CT molecular complexity index is 454. The summed E-state index contributed by atoms with van der Waals surface area (Å²) in [5.41, 5.74) is 4.46. The van der Waals surface area contributed by atoms with Crippen LogP contribution in [0.3, 0.4) is 0 Å². The smallest absolute Gasteiger partial charge is 0.0396 e. The topological polar surface area (TPSA) is 18.5 Å². The molecule has 2 heterocycles. The quantitative estimate of drug-likeness (QED) is 0.888. The van der Waals surface area contributed by atoms with Crippen molar-refractivity contribution in [2.75, 3.05) is 38.1 Å². The zero-order valence-electron chi connectivity index (χ0n) is 12.9. The molecule has 0 unspecified atom stereocenters. The minimum atomic E-state index is 0.744. The van der Waals surface area contributed by atoms with Crippen molar-refractivity contribution in [1.29, 1.82) is 0 Å². The van der Waals surface area contributed by atoms with Crippen LogP contribution in [0.2, 0.25) is 0 Å². The van der Waals surface area contributed by atoms with Gasteiger partial charge in [-0.05, 0) is 43.0 Å². The van der Waals surface area contributed by atoms with E-state index in [0.29, 0.717) is 0 Å². The van der Waals surface area contributed by atoms with Gasteiger partial charge in [-0.25, -0.2) is 0 Å². The Morgan fingerprint density at radius 1 is 1.35 bits per heavy atom. The molecule has 0 bridgehead atoms. The largest absolute Gasteiger partial charge is 0.374 e. The van der Waals surface area contributed by atoms with Crippen molar-refractivity contribution in [2.24, 2.45) is 0 Å². The molecule has 0 radical (unpaired) electrons. The van der Waals surface area contributed by atoms with Crippen LogP contribution in [0.4, 0.5) is 5.69 Å². The molecule has 1 fully saturated rings. The van der Waals surface area contributed by atoms with Crippen LogP contribution in [0.15, 0.2) is 18.2 Å². The molecular formula is C17H27N3. The van der Waals surface area contributed by atoms with E-state index in [2.05, 4.69) is 47.3 Å². The number of hydrogen-bond acceptors (Lipinski definition) is 3. The maximum Gasteiger partial charge on any atom is 0.0396 e. The van der Waals surface area contributed by atoms with E-state index in [1.54, 1.807) is 5.56 Å². The van der Waals surface area contributed by atoms with Gasteiger partial charge in [0.05, 0.1) is 0 Å². The molecule has 1 aromatic carbocycles. The normalized spacial score (nSPS) is 19.1. The first-order valence-corrected chi connectivity index (χ1v) is 8.05. The van der Waals surface area contributed by atoms with E-state index < -0.39 is 0 Å². The zero-order chi connectivity index (χ0) is 13.9. The molecule has 3 nitrogen and oxygen atoms in total. The van der Waals surface area contributed by atoms with Gasteiger partial charge in [-0.1, -0.05) is 19.1 Å². The molecule has 110 valence electrons. The van der Waals surface area contributed by atoms with Crippen molar-refractivity contribution in [3.63, 3.8) is 0 Å². The Morgan fingerprint density at radius 2 is 2.20 bits per heavy atom. The predicted molar refractivity (Wildman–Crippen MR) is 85.4 cm³/mol. The van der Waals surface area contributed by atoms with Crippen molar-refractivity contribution in [3.05, 3.63) is 29.3 Å². The van der Waals surface area contributed by atoms with Crippen molar-refractivity contribution >= 4 is 5.69 Å². The van der Waals surface area contributed by atoms with Crippen LogP contribution in [-0.2, 0) is 13.0 Å². The molecule has 3 heteroatoms. The van der Waals surface area contributed by atoms with E-state index in [1.165, 1.54) is 43.6 Å². The molecule has 1 N–H and O–H groups in total. The van der Waals surface area contributed by atoms with Crippen LogP contribution < -0.4 is 10.2 Å². The average Bonchev–Trinajstić information content (AvgIpc) is 2.37. The fraction of sp³-hybridized carbons (Fsp3) is 0.647. The average molecular weight is 273 g/mol. The SMILES string of the molecule is CCCN(Cc1ccc2c(c1)CCCN2C)C1CNC1. The molecule has 1 saturated heterocycles. The highest BCUT2D eigenvalue weighted by atomic mass is 15.2. The monoisotopic (exact) mass is 273 g/mol. The van der Waals surface area contributed by atoms with Crippen molar-refractivity contribution in [3.8, 4) is 0 Å². The van der Waals surface area contributed by atoms with E-state index >= 15 is 0 Å². The third kappa shape index (κ3) is 2.84. The van der Waals surface area contributed by atoms with Gasteiger partial charge in [-0.3, -0.25) is 4.90 Å². The molecule has 3 rings (SSSR count). The number of rotatable bonds is 5. The van der Waals surface area contributed by atoms with E-state index in [4.69, 9.17) is 0 Å². The number of benzene rings is 1. The van der Waals surface area contributed by atoms with Gasteiger partial charge in [-0.15, -0.1) is 0 Å². The second-order valence-corrected chi connectivity index (χ2v) is 6.27. The summed E-state index contributed by atoms with van der Waals surface area (Å²) in [6.07, 6.45) is 3.77. The first-order chi connectivity index (χ1) is 9.78. The lowest BCUT2D eigenvalue weighted by molar-refractivity contribution is 0.138. The summed E-state index contributed by atoms with van der Waals surface area (Å²) >= 11 is 0. The number of anilines is 1. The summed E-state index contributed by atoms with van der Waals surface area (Å²) in [4.78, 5) is 5.03. The van der Waals surface area contributed by atoms with Crippen molar-refractivity contribution < 1.29 is 0 Å². The summed E-state index contributed by atoms with van der Waals surface area (Å²) in [5.74, 6) is 0. The second kappa shape index (κ2) is 6.15. The minimum Gasteiger partial charge on any atom is -0.374 e. The number of hydrogen-bond donors (Lipinski definition) is 1. The Labute approximate surface area is 123 Å². The molecule has 0 amide bonds. The Morgan fingerprint density at radius 3 is 2.90 bits per heavy atom. The standard InChI is InChI=1S/C17H27N3/c1-3-8-20(16-11-18-12-16)13-14-6-7-17-15(10-14)5-4-9-19(17)2/h6-7,10,16,18H,3-5,8-9,11-13H2,1-2H3. The Balaban J connectivity index is 1.73. The van der Waals surface area contributed by atoms with Crippen LogP contribution in [0.1, 0.15) is 30.9 Å². The maximum absolute atomic E-state index is 3.39. The molecule has 1 aromatic rings. The van der Waals surface area contributed by atoms with Gasteiger partial charge in [0.2, 0.25) is 0 Å². The van der Waals surface area contributed by atoms with Gasteiger partial charge in [0.15, 0.2) is 0 Å². The highest BCUT2D eigenvalue weighted by Gasteiger charge is 2.24. The lowest BCUT2D eigenvalue weighted by Gasteiger charge is -2.38. The van der Waals surface area contributed by atoms with Crippen LogP contribution in [-0.4, -0.2) is 44.2 Å². The number of nitrogens with one attached hydrogen (secondary N) is 1. The summed E-state index contributed by atoms with van der Waals surface area (Å²) < 4.78 is 0. The molecule has 0 aliphatic carbocycles. The molecule has 0 saturated carbocycles. The molecule has 0 spiro atoms. The first-order valence-electron chi connectivity index (χ1n) is 8.05. The molecule has 2 aliphatic heterocycles. The fourth-order valence-electron chi connectivity index (χ4n) is 3.38. The van der Waals surface area contributed by atoms with E-state index in [1.807, 2.05) is 0 Å². The molecule has 0 aromatic heterocycles. The maximum atomic E-state index is 3.39. The van der Waals surface area contributed by atoms with Crippen molar-refractivity contribution in [1.82, 2.24) is 10.2 Å². The zero-order valence-corrected chi connectivity index (χ0v) is 12.9. The van der Waals surface area contributed by atoms with E-state index in [0.717, 1.165) is 25.7 Å². The molecule has 0 atom stereocenters. The third-order valence-electron chi connectivity index (χ3n) is 4.67.